The second-order valence-corrected chi connectivity index (χ2v) is 17.6. The molecule has 5 nitrogen and oxygen atoms in total. The van der Waals surface area contributed by atoms with E-state index in [4.69, 9.17) is 9.47 Å². The van der Waals surface area contributed by atoms with Gasteiger partial charge < -0.3 is 14.6 Å². The van der Waals surface area contributed by atoms with Gasteiger partial charge in [0.15, 0.2) is 6.10 Å². The highest BCUT2D eigenvalue weighted by Crippen LogP contribution is 2.14. The largest absolute Gasteiger partial charge is 0.462 e. The Morgan fingerprint density at radius 2 is 0.652 bits per heavy atom. The number of ether oxygens (including phenoxy) is 2. The summed E-state index contributed by atoms with van der Waals surface area (Å²) in [5, 5.41) is 9.63. The Morgan fingerprint density at radius 3 is 0.985 bits per heavy atom. The summed E-state index contributed by atoms with van der Waals surface area (Å²) in [4.78, 5) is 24.5. The molecular weight excluding hydrogens is 813 g/mol. The Labute approximate surface area is 407 Å². The maximum atomic E-state index is 12.3. The predicted molar refractivity (Wildman–Crippen MR) is 288 cm³/mol. The van der Waals surface area contributed by atoms with Crippen LogP contribution in [0, 0.1) is 0 Å². The highest BCUT2D eigenvalue weighted by Gasteiger charge is 2.16. The van der Waals surface area contributed by atoms with E-state index in [1.54, 1.807) is 0 Å². The summed E-state index contributed by atoms with van der Waals surface area (Å²) >= 11 is 0. The molecule has 0 aliphatic carbocycles. The van der Waals surface area contributed by atoms with Crippen LogP contribution in [0.15, 0.2) is 122 Å². The topological polar surface area (TPSA) is 72.8 Å². The second kappa shape index (κ2) is 55.6. The van der Waals surface area contributed by atoms with Crippen LogP contribution in [-0.2, 0) is 19.1 Å². The van der Waals surface area contributed by atoms with Crippen LogP contribution in [0.25, 0.3) is 0 Å². The molecule has 0 aromatic rings. The van der Waals surface area contributed by atoms with Gasteiger partial charge in [0.25, 0.3) is 0 Å². The molecule has 0 saturated carbocycles. The number of carbonyl (C=O) groups is 2. The zero-order valence-electron chi connectivity index (χ0n) is 42.7. The highest BCUT2D eigenvalue weighted by molar-refractivity contribution is 5.70. The molecule has 0 bridgehead atoms. The van der Waals surface area contributed by atoms with Gasteiger partial charge in [-0.3, -0.25) is 9.59 Å². The van der Waals surface area contributed by atoms with E-state index < -0.39 is 6.10 Å². The Bertz CT molecular complexity index is 1350. The molecule has 1 atom stereocenters. The van der Waals surface area contributed by atoms with Crippen LogP contribution in [0.4, 0.5) is 0 Å². The van der Waals surface area contributed by atoms with Gasteiger partial charge in [0.05, 0.1) is 6.61 Å². The molecule has 0 rings (SSSR count). The van der Waals surface area contributed by atoms with E-state index in [0.29, 0.717) is 12.8 Å². The van der Waals surface area contributed by atoms with Crippen LogP contribution in [0.3, 0.4) is 0 Å². The quantitative estimate of drug-likeness (QED) is 0.0374. The van der Waals surface area contributed by atoms with Crippen LogP contribution < -0.4 is 0 Å². The molecule has 0 radical (unpaired) electrons. The molecule has 0 saturated heterocycles. The molecule has 1 unspecified atom stereocenters. The first-order chi connectivity index (χ1) is 32.6. The van der Waals surface area contributed by atoms with Crippen molar-refractivity contribution in [3.63, 3.8) is 0 Å². The molecule has 374 valence electrons. The van der Waals surface area contributed by atoms with Crippen molar-refractivity contribution < 1.29 is 24.2 Å². The smallest absolute Gasteiger partial charge is 0.306 e. The van der Waals surface area contributed by atoms with Crippen molar-refractivity contribution in [2.45, 2.75) is 238 Å². The maximum absolute atomic E-state index is 12.3. The Balaban J connectivity index is 3.58. The molecule has 0 aliphatic heterocycles. The third-order valence-corrected chi connectivity index (χ3v) is 11.2. The maximum Gasteiger partial charge on any atom is 0.306 e. The van der Waals surface area contributed by atoms with E-state index in [1.807, 2.05) is 0 Å². The van der Waals surface area contributed by atoms with Crippen LogP contribution >= 0.6 is 0 Å². The Hall–Kier alpha value is -3.70. The van der Waals surface area contributed by atoms with E-state index in [9.17, 15) is 14.7 Å². The van der Waals surface area contributed by atoms with Gasteiger partial charge in [-0.15, -0.1) is 0 Å². The number of rotatable bonds is 48. The van der Waals surface area contributed by atoms with Gasteiger partial charge in [0.1, 0.15) is 6.61 Å². The van der Waals surface area contributed by atoms with Crippen LogP contribution in [0.5, 0.6) is 0 Å². The average molecular weight is 913 g/mol. The predicted octanol–water partition coefficient (Wildman–Crippen LogP) is 18.3. The molecule has 0 spiro atoms. The summed E-state index contributed by atoms with van der Waals surface area (Å²) in [6.07, 6.45) is 81.5. The number of allylic oxidation sites excluding steroid dienone is 20. The standard InChI is InChI=1S/C61H100O5/c1-3-5-7-9-11-13-15-17-19-21-22-23-24-25-26-27-28-29-30-31-32-33-34-35-36-37-38-40-42-44-46-48-50-52-54-56-61(64)66-59(57-62)58-65-60(63)55-53-51-49-47-45-43-41-39-20-18-16-14-12-10-8-6-4-2/h5,7,11-14,17-20,22-23,25-26,28-29,31-32,34-35,59,62H,3-4,6,8-10,15-16,21,24,27,30,33,36-58H2,1-2H3/b7-5-,13-11-,14-12-,19-17-,20-18-,23-22-,26-25-,29-28-,32-31-,35-34-. The van der Waals surface area contributed by atoms with Gasteiger partial charge in [-0.1, -0.05) is 232 Å². The lowest BCUT2D eigenvalue weighted by atomic mass is 10.0. The molecule has 1 N–H and O–H groups in total. The van der Waals surface area contributed by atoms with Gasteiger partial charge in [-0.05, 0) is 109 Å². The Morgan fingerprint density at radius 1 is 0.364 bits per heavy atom. The lowest BCUT2D eigenvalue weighted by molar-refractivity contribution is -0.161. The van der Waals surface area contributed by atoms with Crippen LogP contribution in [-0.4, -0.2) is 36.4 Å². The molecule has 0 fully saturated rings. The minimum atomic E-state index is -0.786. The van der Waals surface area contributed by atoms with Crippen molar-refractivity contribution >= 4 is 11.9 Å². The number of aliphatic hydroxyl groups excluding tert-OH is 1. The number of carbonyl (C=O) groups excluding carboxylic acids is 2. The lowest BCUT2D eigenvalue weighted by Gasteiger charge is -2.15. The fourth-order valence-electron chi connectivity index (χ4n) is 7.19. The van der Waals surface area contributed by atoms with Crippen molar-refractivity contribution in [3.8, 4) is 0 Å². The summed E-state index contributed by atoms with van der Waals surface area (Å²) in [5.41, 5.74) is 0. The first-order valence-corrected chi connectivity index (χ1v) is 27.1. The monoisotopic (exact) mass is 913 g/mol. The molecule has 0 aromatic heterocycles. The third-order valence-electron chi connectivity index (χ3n) is 11.2. The number of hydrogen-bond acceptors (Lipinski definition) is 5. The minimum absolute atomic E-state index is 0.0775. The first kappa shape index (κ1) is 62.3. The highest BCUT2D eigenvalue weighted by atomic mass is 16.6. The number of unbranched alkanes of at least 4 members (excludes halogenated alkanes) is 20. The van der Waals surface area contributed by atoms with E-state index in [1.165, 1.54) is 103 Å². The molecule has 0 aliphatic rings. The number of aliphatic hydroxyl groups is 1. The second-order valence-electron chi connectivity index (χ2n) is 17.6. The number of esters is 2. The summed E-state index contributed by atoms with van der Waals surface area (Å²) in [5.74, 6) is -0.609. The van der Waals surface area contributed by atoms with Gasteiger partial charge in [0, 0.05) is 12.8 Å². The van der Waals surface area contributed by atoms with Gasteiger partial charge in [-0.2, -0.15) is 0 Å². The van der Waals surface area contributed by atoms with E-state index in [0.717, 1.165) is 103 Å². The Kier molecular flexibility index (Phi) is 52.5. The van der Waals surface area contributed by atoms with Crippen molar-refractivity contribution in [1.82, 2.24) is 0 Å². The summed E-state index contributed by atoms with van der Waals surface area (Å²) in [7, 11) is 0. The zero-order valence-corrected chi connectivity index (χ0v) is 42.7. The number of hydrogen-bond donors (Lipinski definition) is 1. The fourth-order valence-corrected chi connectivity index (χ4v) is 7.19. The van der Waals surface area contributed by atoms with E-state index in [-0.39, 0.29) is 25.2 Å². The molecule has 0 aromatic carbocycles. The van der Waals surface area contributed by atoms with Crippen molar-refractivity contribution in [1.29, 1.82) is 0 Å². The van der Waals surface area contributed by atoms with Gasteiger partial charge in [0.2, 0.25) is 0 Å². The summed E-state index contributed by atoms with van der Waals surface area (Å²) in [6.45, 7) is 3.99. The summed E-state index contributed by atoms with van der Waals surface area (Å²) in [6, 6.07) is 0. The third kappa shape index (κ3) is 52.9. The SMILES string of the molecule is CC/C=C\C/C=C\C/C=C\C/C=C\C/C=C\C/C=C\C/C=C\C/C=C\CCCCCCCCCCCCC(=O)OC(CO)COC(=O)CCCCCCCCC/C=C\C/C=C\CCCCC. The van der Waals surface area contributed by atoms with Crippen LogP contribution in [0.1, 0.15) is 232 Å². The van der Waals surface area contributed by atoms with Gasteiger partial charge >= 0.3 is 11.9 Å². The van der Waals surface area contributed by atoms with Crippen molar-refractivity contribution in [3.05, 3.63) is 122 Å². The zero-order chi connectivity index (χ0) is 47.7. The molecule has 66 heavy (non-hydrogen) atoms. The summed E-state index contributed by atoms with van der Waals surface area (Å²) < 4.78 is 10.7. The van der Waals surface area contributed by atoms with Gasteiger partial charge in [-0.25, -0.2) is 0 Å². The molecule has 5 heteroatoms. The van der Waals surface area contributed by atoms with E-state index >= 15 is 0 Å². The average Bonchev–Trinajstić information content (AvgIpc) is 3.32. The normalized spacial score (nSPS) is 13.2. The molecule has 0 amide bonds. The van der Waals surface area contributed by atoms with Crippen LogP contribution in [0.2, 0.25) is 0 Å². The minimum Gasteiger partial charge on any atom is -0.462 e. The van der Waals surface area contributed by atoms with Crippen molar-refractivity contribution in [2.24, 2.45) is 0 Å². The first-order valence-electron chi connectivity index (χ1n) is 27.1. The molecular formula is C61H100O5. The molecule has 0 heterocycles. The van der Waals surface area contributed by atoms with E-state index in [2.05, 4.69) is 135 Å². The lowest BCUT2D eigenvalue weighted by Crippen LogP contribution is -2.28. The van der Waals surface area contributed by atoms with Crippen molar-refractivity contribution in [2.75, 3.05) is 13.2 Å². The fraction of sp³-hybridized carbons (Fsp3) is 0.639.